The molecule has 0 bridgehead atoms. The maximum absolute atomic E-state index is 11.6. The van der Waals surface area contributed by atoms with Crippen molar-refractivity contribution in [3.05, 3.63) is 55.1 Å². The highest BCUT2D eigenvalue weighted by Crippen LogP contribution is 2.35. The van der Waals surface area contributed by atoms with Gasteiger partial charge in [-0.3, -0.25) is 4.98 Å². The lowest BCUT2D eigenvalue weighted by atomic mass is 10.0. The highest BCUT2D eigenvalue weighted by Gasteiger charge is 2.12. The van der Waals surface area contributed by atoms with Crippen molar-refractivity contribution in [3.63, 3.8) is 0 Å². The maximum Gasteiger partial charge on any atom is 0.413 e. The summed E-state index contributed by atoms with van der Waals surface area (Å²) in [6, 6.07) is 10.7. The summed E-state index contributed by atoms with van der Waals surface area (Å²) in [4.78, 5) is 15.8. The van der Waals surface area contributed by atoms with E-state index in [4.69, 9.17) is 19.6 Å². The van der Waals surface area contributed by atoms with Gasteiger partial charge in [0, 0.05) is 29.1 Å². The van der Waals surface area contributed by atoms with E-state index in [0.717, 1.165) is 16.7 Å². The predicted octanol–water partition coefficient (Wildman–Crippen LogP) is 3.02. The number of hydrogen-bond acceptors (Lipinski definition) is 6. The molecule has 3 aromatic rings. The summed E-state index contributed by atoms with van der Waals surface area (Å²) in [5.41, 5.74) is 7.63. The first kappa shape index (κ1) is 16.5. The number of amides is 1. The van der Waals surface area contributed by atoms with Crippen molar-refractivity contribution in [1.82, 2.24) is 10.3 Å². The molecule has 0 aliphatic carbocycles. The number of nitrogens with two attached hydrogens (primary N) is 1. The minimum Gasteiger partial charge on any atom is -0.496 e. The number of nitrogens with zero attached hydrogens (tertiary/aromatic N) is 1. The summed E-state index contributed by atoms with van der Waals surface area (Å²) in [5.74, 6) is 1.71. The molecule has 0 atom stereocenters. The summed E-state index contributed by atoms with van der Waals surface area (Å²) >= 11 is 0. The molecule has 1 aromatic carbocycles. The maximum atomic E-state index is 11.6. The van der Waals surface area contributed by atoms with E-state index >= 15 is 0 Å². The molecular formula is C18H17N3O4. The van der Waals surface area contributed by atoms with Crippen LogP contribution in [0.1, 0.15) is 0 Å². The first-order valence-electron chi connectivity index (χ1n) is 7.54. The second-order valence-electron chi connectivity index (χ2n) is 5.07. The molecule has 0 saturated heterocycles. The predicted molar refractivity (Wildman–Crippen MR) is 92.1 cm³/mol. The number of benzene rings is 1. The molecule has 7 heteroatoms. The molecule has 7 nitrogen and oxygen atoms in total. The van der Waals surface area contributed by atoms with Gasteiger partial charge in [0.15, 0.2) is 0 Å². The molecule has 0 aliphatic rings. The Balaban J connectivity index is 1.97. The second kappa shape index (κ2) is 7.50. The lowest BCUT2D eigenvalue weighted by Gasteiger charge is -2.12. The molecule has 2 aromatic heterocycles. The molecular weight excluding hydrogens is 322 g/mol. The summed E-state index contributed by atoms with van der Waals surface area (Å²) in [7, 11) is 1.57. The normalized spacial score (nSPS) is 10.3. The molecule has 1 amide bonds. The SMILES string of the molecule is COc1ccc(OC(=O)NCN)cc1-c1cncc(-c2ccco2)c1. The summed E-state index contributed by atoms with van der Waals surface area (Å²) in [6.45, 7) is -0.00302. The third-order valence-electron chi connectivity index (χ3n) is 3.48. The zero-order valence-electron chi connectivity index (χ0n) is 13.6. The van der Waals surface area contributed by atoms with Crippen molar-refractivity contribution < 1.29 is 18.7 Å². The number of methoxy groups -OCH3 is 1. The number of nitrogens with one attached hydrogen (secondary N) is 1. The van der Waals surface area contributed by atoms with Crippen molar-refractivity contribution in [2.45, 2.75) is 0 Å². The lowest BCUT2D eigenvalue weighted by Crippen LogP contribution is -2.31. The first-order chi connectivity index (χ1) is 12.2. The van der Waals surface area contributed by atoms with Gasteiger partial charge in [0.05, 0.1) is 20.0 Å². The average Bonchev–Trinajstić information content (AvgIpc) is 3.17. The van der Waals surface area contributed by atoms with E-state index in [-0.39, 0.29) is 6.67 Å². The molecule has 2 heterocycles. The van der Waals surface area contributed by atoms with Gasteiger partial charge in [-0.2, -0.15) is 0 Å². The van der Waals surface area contributed by atoms with Gasteiger partial charge in [-0.15, -0.1) is 0 Å². The highest BCUT2D eigenvalue weighted by atomic mass is 16.6. The van der Waals surface area contributed by atoms with Crippen LogP contribution in [-0.4, -0.2) is 24.9 Å². The smallest absolute Gasteiger partial charge is 0.413 e. The molecule has 3 rings (SSSR count). The number of carbonyl (C=O) groups excluding carboxylic acids is 1. The minimum atomic E-state index is -0.624. The van der Waals surface area contributed by atoms with E-state index in [1.54, 1.807) is 44.0 Å². The van der Waals surface area contributed by atoms with Gasteiger partial charge >= 0.3 is 6.09 Å². The fourth-order valence-electron chi connectivity index (χ4n) is 2.37. The second-order valence-corrected chi connectivity index (χ2v) is 5.07. The molecule has 25 heavy (non-hydrogen) atoms. The number of aromatic nitrogens is 1. The summed E-state index contributed by atoms with van der Waals surface area (Å²) in [5, 5.41) is 2.37. The van der Waals surface area contributed by atoms with Crippen LogP contribution >= 0.6 is 0 Å². The number of carbonyl (C=O) groups is 1. The van der Waals surface area contributed by atoms with Gasteiger partial charge in [-0.1, -0.05) is 0 Å². The molecule has 0 fully saturated rings. The Morgan fingerprint density at radius 1 is 1.24 bits per heavy atom. The van der Waals surface area contributed by atoms with Crippen LogP contribution in [-0.2, 0) is 0 Å². The number of ether oxygens (including phenoxy) is 2. The number of pyridine rings is 1. The van der Waals surface area contributed by atoms with E-state index in [1.807, 2.05) is 18.2 Å². The van der Waals surface area contributed by atoms with E-state index in [1.165, 1.54) is 0 Å². The van der Waals surface area contributed by atoms with Crippen LogP contribution in [0.25, 0.3) is 22.5 Å². The van der Waals surface area contributed by atoms with Crippen molar-refractivity contribution >= 4 is 6.09 Å². The van der Waals surface area contributed by atoms with Gasteiger partial charge in [0.2, 0.25) is 0 Å². The lowest BCUT2D eigenvalue weighted by molar-refractivity contribution is 0.201. The Kier molecular flexibility index (Phi) is 4.96. The van der Waals surface area contributed by atoms with Gasteiger partial charge in [0.25, 0.3) is 0 Å². The van der Waals surface area contributed by atoms with E-state index < -0.39 is 6.09 Å². The first-order valence-corrected chi connectivity index (χ1v) is 7.54. The van der Waals surface area contributed by atoms with Crippen LogP contribution in [0.2, 0.25) is 0 Å². The quantitative estimate of drug-likeness (QED) is 0.693. The Hall–Kier alpha value is -3.32. The van der Waals surface area contributed by atoms with Gasteiger partial charge in [-0.05, 0) is 36.4 Å². The van der Waals surface area contributed by atoms with Gasteiger partial charge in [0.1, 0.15) is 17.3 Å². The minimum absolute atomic E-state index is 0.00302. The third-order valence-corrected chi connectivity index (χ3v) is 3.48. The van der Waals surface area contributed by atoms with Crippen molar-refractivity contribution in [2.24, 2.45) is 5.73 Å². The number of furan rings is 1. The fourth-order valence-corrected chi connectivity index (χ4v) is 2.37. The van der Waals surface area contributed by atoms with Gasteiger partial charge in [-0.25, -0.2) is 4.79 Å². The Bertz CT molecular complexity index is 863. The summed E-state index contributed by atoms with van der Waals surface area (Å²) < 4.78 is 16.0. The van der Waals surface area contributed by atoms with Crippen LogP contribution in [0.3, 0.4) is 0 Å². The highest BCUT2D eigenvalue weighted by molar-refractivity contribution is 5.77. The number of rotatable bonds is 5. The van der Waals surface area contributed by atoms with Crippen molar-refractivity contribution in [2.75, 3.05) is 13.8 Å². The van der Waals surface area contributed by atoms with Crippen LogP contribution < -0.4 is 20.5 Å². The van der Waals surface area contributed by atoms with Crippen molar-refractivity contribution in [1.29, 1.82) is 0 Å². The zero-order chi connectivity index (χ0) is 17.6. The molecule has 0 radical (unpaired) electrons. The van der Waals surface area contributed by atoms with E-state index in [9.17, 15) is 4.79 Å². The Labute approximate surface area is 144 Å². The van der Waals surface area contributed by atoms with Crippen LogP contribution in [0.5, 0.6) is 11.5 Å². The average molecular weight is 339 g/mol. The summed E-state index contributed by atoms with van der Waals surface area (Å²) in [6.07, 6.45) is 4.39. The third kappa shape index (κ3) is 3.78. The topological polar surface area (TPSA) is 99.6 Å². The standard InChI is InChI=1S/C18H17N3O4/c1-23-17-5-4-14(25-18(22)21-11-19)8-15(17)12-7-13(10-20-9-12)16-3-2-6-24-16/h2-10H,11,19H2,1H3,(H,21,22). The molecule has 128 valence electrons. The van der Waals surface area contributed by atoms with Crippen molar-refractivity contribution in [3.8, 4) is 33.9 Å². The molecule has 0 spiro atoms. The van der Waals surface area contributed by atoms with Crippen LogP contribution in [0.4, 0.5) is 4.79 Å². The molecule has 3 N–H and O–H groups in total. The Morgan fingerprint density at radius 3 is 2.80 bits per heavy atom. The largest absolute Gasteiger partial charge is 0.496 e. The van der Waals surface area contributed by atoms with E-state index in [0.29, 0.717) is 17.3 Å². The molecule has 0 aliphatic heterocycles. The molecule has 0 saturated carbocycles. The monoisotopic (exact) mass is 339 g/mol. The van der Waals surface area contributed by atoms with Crippen LogP contribution in [0, 0.1) is 0 Å². The fraction of sp³-hybridized carbons (Fsp3) is 0.111. The Morgan fingerprint density at radius 2 is 2.08 bits per heavy atom. The molecule has 0 unspecified atom stereocenters. The number of hydrogen-bond donors (Lipinski definition) is 2. The zero-order valence-corrected chi connectivity index (χ0v) is 13.6. The van der Waals surface area contributed by atoms with E-state index in [2.05, 4.69) is 10.3 Å². The van der Waals surface area contributed by atoms with Gasteiger partial charge < -0.3 is 24.9 Å². The van der Waals surface area contributed by atoms with Crippen LogP contribution in [0.15, 0.2) is 59.5 Å².